The number of fused-ring (bicyclic) bond motifs is 1. The normalized spacial score (nSPS) is 13.8. The van der Waals surface area contributed by atoms with Crippen molar-refractivity contribution in [2.75, 3.05) is 0 Å². The summed E-state index contributed by atoms with van der Waals surface area (Å²) in [7, 11) is 0. The number of nitrogen functional groups attached to an aromatic ring is 1. The van der Waals surface area contributed by atoms with Gasteiger partial charge in [-0.05, 0) is 30.5 Å². The number of amides is 1. The highest BCUT2D eigenvalue weighted by molar-refractivity contribution is 5.93. The van der Waals surface area contributed by atoms with Gasteiger partial charge in [-0.15, -0.1) is 0 Å². The van der Waals surface area contributed by atoms with E-state index in [0.717, 1.165) is 37.2 Å². The predicted octanol–water partition coefficient (Wildman–Crippen LogP) is 0.0329. The minimum Gasteiger partial charge on any atom is -0.290 e. The zero-order chi connectivity index (χ0) is 14.8. The molecule has 1 aromatic carbocycles. The lowest BCUT2D eigenvalue weighted by molar-refractivity contribution is 0.0953. The third kappa shape index (κ3) is 2.59. The van der Waals surface area contributed by atoms with Crippen molar-refractivity contribution in [1.82, 2.24) is 19.8 Å². The third-order valence-electron chi connectivity index (χ3n) is 3.68. The van der Waals surface area contributed by atoms with Crippen LogP contribution in [0.15, 0.2) is 29.1 Å². The van der Waals surface area contributed by atoms with Gasteiger partial charge in [0.25, 0.3) is 5.91 Å². The summed E-state index contributed by atoms with van der Waals surface area (Å²) < 4.78 is 3.19. The van der Waals surface area contributed by atoms with Crippen LogP contribution in [0.5, 0.6) is 0 Å². The van der Waals surface area contributed by atoms with E-state index in [2.05, 4.69) is 10.5 Å². The number of aryl methyl sites for hydroxylation is 1. The fourth-order valence-electron chi connectivity index (χ4n) is 2.62. The Bertz CT molecular complexity index is 731. The molecule has 1 amide bonds. The van der Waals surface area contributed by atoms with Crippen LogP contribution in [0.3, 0.4) is 0 Å². The van der Waals surface area contributed by atoms with Gasteiger partial charge in [-0.25, -0.2) is 15.3 Å². The smallest absolute Gasteiger partial charge is 0.290 e. The standard InChI is InChI=1S/C14H17N5O2/c15-16-13(20)11-5-3-4-10(8-11)9-19-14(21)18-7-2-1-6-12(18)17-19/h3-5,8H,1-2,6-7,9,15H2,(H,16,20). The van der Waals surface area contributed by atoms with Gasteiger partial charge < -0.3 is 0 Å². The Morgan fingerprint density at radius 1 is 1.38 bits per heavy atom. The number of nitrogens with one attached hydrogen (secondary N) is 1. The van der Waals surface area contributed by atoms with E-state index in [1.807, 2.05) is 6.07 Å². The van der Waals surface area contributed by atoms with Crippen LogP contribution in [0.25, 0.3) is 0 Å². The monoisotopic (exact) mass is 287 g/mol. The molecule has 0 unspecified atom stereocenters. The van der Waals surface area contributed by atoms with Crippen LogP contribution in [0.4, 0.5) is 0 Å². The van der Waals surface area contributed by atoms with Crippen molar-refractivity contribution in [1.29, 1.82) is 0 Å². The van der Waals surface area contributed by atoms with Crippen molar-refractivity contribution < 1.29 is 4.79 Å². The molecule has 1 aromatic heterocycles. The average Bonchev–Trinajstić information content (AvgIpc) is 2.83. The summed E-state index contributed by atoms with van der Waals surface area (Å²) in [5.41, 5.74) is 3.32. The number of carbonyl (C=O) groups is 1. The lowest BCUT2D eigenvalue weighted by Crippen LogP contribution is -2.30. The van der Waals surface area contributed by atoms with E-state index < -0.39 is 0 Å². The first kappa shape index (κ1) is 13.6. The molecular weight excluding hydrogens is 270 g/mol. The van der Waals surface area contributed by atoms with Gasteiger partial charge in [0.15, 0.2) is 0 Å². The van der Waals surface area contributed by atoms with E-state index in [1.54, 1.807) is 22.8 Å². The maximum atomic E-state index is 12.3. The fraction of sp³-hybridized carbons (Fsp3) is 0.357. The molecule has 21 heavy (non-hydrogen) atoms. The maximum Gasteiger partial charge on any atom is 0.346 e. The second-order valence-electron chi connectivity index (χ2n) is 5.14. The first-order chi connectivity index (χ1) is 10.2. The highest BCUT2D eigenvalue weighted by atomic mass is 16.2. The van der Waals surface area contributed by atoms with Gasteiger partial charge in [0, 0.05) is 18.5 Å². The van der Waals surface area contributed by atoms with Gasteiger partial charge in [0.1, 0.15) is 5.82 Å². The number of carbonyl (C=O) groups excluding carboxylic acids is 1. The molecule has 1 aliphatic heterocycles. The Balaban J connectivity index is 1.89. The van der Waals surface area contributed by atoms with Crippen LogP contribution >= 0.6 is 0 Å². The fourth-order valence-corrected chi connectivity index (χ4v) is 2.62. The first-order valence-corrected chi connectivity index (χ1v) is 6.95. The molecule has 0 aliphatic carbocycles. The van der Waals surface area contributed by atoms with E-state index in [9.17, 15) is 9.59 Å². The number of hydrogen-bond donors (Lipinski definition) is 2. The number of nitrogens with two attached hydrogens (primary N) is 1. The molecule has 0 fully saturated rings. The van der Waals surface area contributed by atoms with Crippen LogP contribution in [-0.4, -0.2) is 20.3 Å². The molecule has 0 spiro atoms. The summed E-state index contributed by atoms with van der Waals surface area (Å²) in [6.45, 7) is 1.09. The highest BCUT2D eigenvalue weighted by Gasteiger charge is 2.16. The summed E-state index contributed by atoms with van der Waals surface area (Å²) in [5.74, 6) is 5.62. The van der Waals surface area contributed by atoms with Crippen LogP contribution in [0, 0.1) is 0 Å². The zero-order valence-corrected chi connectivity index (χ0v) is 11.6. The second-order valence-corrected chi connectivity index (χ2v) is 5.14. The molecule has 2 heterocycles. The Kier molecular flexibility index (Phi) is 3.57. The van der Waals surface area contributed by atoms with Gasteiger partial charge in [-0.1, -0.05) is 12.1 Å². The molecule has 0 radical (unpaired) electrons. The number of rotatable bonds is 3. The summed E-state index contributed by atoms with van der Waals surface area (Å²) in [6, 6.07) is 7.01. The largest absolute Gasteiger partial charge is 0.346 e. The van der Waals surface area contributed by atoms with Crippen molar-refractivity contribution >= 4 is 5.91 Å². The van der Waals surface area contributed by atoms with Gasteiger partial charge in [-0.2, -0.15) is 5.10 Å². The molecule has 1 aliphatic rings. The Morgan fingerprint density at radius 3 is 3.00 bits per heavy atom. The van der Waals surface area contributed by atoms with E-state index in [0.29, 0.717) is 12.1 Å². The number of benzene rings is 1. The lowest BCUT2D eigenvalue weighted by atomic mass is 10.1. The SMILES string of the molecule is NNC(=O)c1cccc(Cn2nc3n(c2=O)CCCC3)c1. The minimum atomic E-state index is -0.353. The molecule has 3 rings (SSSR count). The quantitative estimate of drug-likeness (QED) is 0.473. The molecule has 3 N–H and O–H groups in total. The summed E-state index contributed by atoms with van der Waals surface area (Å²) >= 11 is 0. The molecule has 110 valence electrons. The number of aromatic nitrogens is 3. The third-order valence-corrected chi connectivity index (χ3v) is 3.68. The van der Waals surface area contributed by atoms with Crippen molar-refractivity contribution in [3.8, 4) is 0 Å². The summed E-state index contributed by atoms with van der Waals surface area (Å²) in [6.07, 6.45) is 2.94. The number of nitrogens with zero attached hydrogens (tertiary/aromatic N) is 3. The minimum absolute atomic E-state index is 0.0848. The highest BCUT2D eigenvalue weighted by Crippen LogP contribution is 2.11. The van der Waals surface area contributed by atoms with Crippen LogP contribution in [-0.2, 0) is 19.5 Å². The van der Waals surface area contributed by atoms with Crippen LogP contribution in [0.2, 0.25) is 0 Å². The molecular formula is C14H17N5O2. The summed E-state index contributed by atoms with van der Waals surface area (Å²) in [5, 5.41) is 4.38. The van der Waals surface area contributed by atoms with Gasteiger partial charge in [-0.3, -0.25) is 14.8 Å². The predicted molar refractivity (Wildman–Crippen MR) is 76.6 cm³/mol. The van der Waals surface area contributed by atoms with Gasteiger partial charge in [0.2, 0.25) is 0 Å². The van der Waals surface area contributed by atoms with Crippen molar-refractivity contribution in [2.24, 2.45) is 5.84 Å². The van der Waals surface area contributed by atoms with E-state index >= 15 is 0 Å². The average molecular weight is 287 g/mol. The number of hydrazine groups is 1. The van der Waals surface area contributed by atoms with Gasteiger partial charge >= 0.3 is 5.69 Å². The molecule has 7 nitrogen and oxygen atoms in total. The molecule has 7 heteroatoms. The Labute approximate surface area is 121 Å². The Morgan fingerprint density at radius 2 is 2.24 bits per heavy atom. The van der Waals surface area contributed by atoms with Crippen molar-refractivity contribution in [2.45, 2.75) is 32.4 Å². The van der Waals surface area contributed by atoms with Crippen molar-refractivity contribution in [3.05, 3.63) is 51.7 Å². The molecule has 0 bridgehead atoms. The second kappa shape index (κ2) is 5.53. The first-order valence-electron chi connectivity index (χ1n) is 6.95. The lowest BCUT2D eigenvalue weighted by Gasteiger charge is -2.09. The molecule has 0 atom stereocenters. The maximum absolute atomic E-state index is 12.3. The molecule has 2 aromatic rings. The van der Waals surface area contributed by atoms with Gasteiger partial charge in [0.05, 0.1) is 6.54 Å². The molecule has 0 saturated carbocycles. The van der Waals surface area contributed by atoms with Crippen molar-refractivity contribution in [3.63, 3.8) is 0 Å². The van der Waals surface area contributed by atoms with E-state index in [-0.39, 0.29) is 11.6 Å². The topological polar surface area (TPSA) is 94.9 Å². The summed E-state index contributed by atoms with van der Waals surface area (Å²) in [4.78, 5) is 23.8. The Hall–Kier alpha value is -2.41. The van der Waals surface area contributed by atoms with Crippen LogP contribution < -0.4 is 17.0 Å². The van der Waals surface area contributed by atoms with Crippen LogP contribution in [0.1, 0.15) is 34.6 Å². The van der Waals surface area contributed by atoms with E-state index in [4.69, 9.17) is 5.84 Å². The zero-order valence-electron chi connectivity index (χ0n) is 11.6. The number of hydrogen-bond acceptors (Lipinski definition) is 4. The van der Waals surface area contributed by atoms with E-state index in [1.165, 1.54) is 4.68 Å². The molecule has 0 saturated heterocycles.